The van der Waals surface area contributed by atoms with Crippen molar-refractivity contribution < 1.29 is 18.5 Å². The first-order valence-electron chi connectivity index (χ1n) is 6.06. The second kappa shape index (κ2) is 6.67. The first kappa shape index (κ1) is 17.8. The van der Waals surface area contributed by atoms with Gasteiger partial charge in [-0.05, 0) is 12.5 Å². The fourth-order valence-corrected chi connectivity index (χ4v) is 3.90. The largest absolute Gasteiger partial charge is 0.340 e. The van der Waals surface area contributed by atoms with Crippen LogP contribution in [0.4, 0.5) is 5.69 Å². The van der Waals surface area contributed by atoms with E-state index < -0.39 is 23.6 Å². The molecular weight excluding hydrogens is 309 g/mol. The average Bonchev–Trinajstić information content (AvgIpc) is 2.54. The minimum atomic E-state index is -3.82. The maximum Gasteiger partial charge on any atom is 0.340 e. The zero-order chi connectivity index (χ0) is 17.0. The molecule has 0 unspecified atom stereocenters. The van der Waals surface area contributed by atoms with Gasteiger partial charge in [-0.1, -0.05) is 12.1 Å². The molecule has 0 aliphatic heterocycles. The topological polar surface area (TPSA) is 126 Å². The Labute approximate surface area is 127 Å². The van der Waals surface area contributed by atoms with Gasteiger partial charge in [0.25, 0.3) is 5.69 Å². The Morgan fingerprint density at radius 2 is 1.68 bits per heavy atom. The molecule has 1 aromatic rings. The van der Waals surface area contributed by atoms with E-state index in [9.17, 15) is 25.2 Å². The molecular formula is C13H14N3O5P. The van der Waals surface area contributed by atoms with Crippen LogP contribution in [0.2, 0.25) is 0 Å². The molecule has 0 bridgehead atoms. The summed E-state index contributed by atoms with van der Waals surface area (Å²) in [5, 5.41) is 29.3. The smallest absolute Gasteiger partial charge is 0.311 e. The number of hydrogen-bond acceptors (Lipinski definition) is 7. The molecule has 0 aliphatic rings. The van der Waals surface area contributed by atoms with Crippen LogP contribution in [0.5, 0.6) is 0 Å². The van der Waals surface area contributed by atoms with E-state index in [1.807, 2.05) is 12.1 Å². The summed E-state index contributed by atoms with van der Waals surface area (Å²) in [6, 6.07) is 8.69. The molecule has 116 valence electrons. The van der Waals surface area contributed by atoms with Crippen LogP contribution in [0.15, 0.2) is 24.3 Å². The van der Waals surface area contributed by atoms with Crippen molar-refractivity contribution in [3.8, 4) is 12.1 Å². The highest BCUT2D eigenvalue weighted by Crippen LogP contribution is 2.66. The lowest BCUT2D eigenvalue weighted by molar-refractivity contribution is -0.384. The fraction of sp³-hybridized carbons (Fsp3) is 0.385. The predicted molar refractivity (Wildman–Crippen MR) is 76.8 cm³/mol. The molecule has 22 heavy (non-hydrogen) atoms. The van der Waals surface area contributed by atoms with Crippen LogP contribution in [0.1, 0.15) is 18.1 Å². The van der Waals surface area contributed by atoms with Gasteiger partial charge in [0.05, 0.1) is 17.1 Å². The lowest BCUT2D eigenvalue weighted by Gasteiger charge is -2.30. The molecule has 1 rings (SSSR count). The second-order valence-corrected chi connectivity index (χ2v) is 6.91. The van der Waals surface area contributed by atoms with Gasteiger partial charge in [0.1, 0.15) is 5.66 Å². The summed E-state index contributed by atoms with van der Waals surface area (Å²) in [6.07, 6.45) is 0. The van der Waals surface area contributed by atoms with E-state index in [-0.39, 0.29) is 11.3 Å². The molecule has 0 aromatic heterocycles. The van der Waals surface area contributed by atoms with E-state index in [2.05, 4.69) is 0 Å². The summed E-state index contributed by atoms with van der Waals surface area (Å²) < 4.78 is 22.6. The highest BCUT2D eigenvalue weighted by molar-refractivity contribution is 7.54. The zero-order valence-electron chi connectivity index (χ0n) is 12.2. The third kappa shape index (κ3) is 3.15. The number of nitrogens with zero attached hydrogens (tertiary/aromatic N) is 3. The van der Waals surface area contributed by atoms with Crippen molar-refractivity contribution in [2.75, 3.05) is 14.2 Å². The van der Waals surface area contributed by atoms with Crippen molar-refractivity contribution in [3.05, 3.63) is 39.9 Å². The molecule has 1 atom stereocenters. The van der Waals surface area contributed by atoms with Gasteiger partial charge in [-0.15, -0.1) is 0 Å². The number of rotatable bonds is 6. The third-order valence-corrected chi connectivity index (χ3v) is 5.72. The van der Waals surface area contributed by atoms with Gasteiger partial charge in [0.2, 0.25) is 0 Å². The first-order chi connectivity index (χ1) is 10.3. The summed E-state index contributed by atoms with van der Waals surface area (Å²) >= 11 is 0. The quantitative estimate of drug-likeness (QED) is 0.447. The van der Waals surface area contributed by atoms with Crippen molar-refractivity contribution in [1.82, 2.24) is 0 Å². The van der Waals surface area contributed by atoms with Crippen LogP contribution in [0, 0.1) is 38.2 Å². The Bertz CT molecular complexity index is 667. The van der Waals surface area contributed by atoms with E-state index in [0.29, 0.717) is 0 Å². The van der Waals surface area contributed by atoms with Gasteiger partial charge >= 0.3 is 7.60 Å². The zero-order valence-corrected chi connectivity index (χ0v) is 13.1. The molecule has 0 radical (unpaired) electrons. The van der Waals surface area contributed by atoms with Crippen molar-refractivity contribution in [2.45, 2.75) is 12.6 Å². The number of benzene rings is 1. The molecule has 0 heterocycles. The molecule has 1 aromatic carbocycles. The summed E-state index contributed by atoms with van der Waals surface area (Å²) in [5.74, 6) is 0. The number of nitro benzene ring substituents is 1. The van der Waals surface area contributed by atoms with E-state index >= 15 is 0 Å². The Balaban J connectivity index is 3.53. The van der Waals surface area contributed by atoms with Crippen LogP contribution in [0.25, 0.3) is 0 Å². The van der Waals surface area contributed by atoms with Gasteiger partial charge in [-0.25, -0.2) is 0 Å². The standard InChI is InChI=1S/C13H14N3O5P/c1-13(8-14,9-15)12(22(19,20-2)21-3)10-4-6-11(7-5-10)16(17)18/h4-7,12H,1-3H3/t12-/m1/s1. The van der Waals surface area contributed by atoms with Gasteiger partial charge in [0.15, 0.2) is 5.41 Å². The SMILES string of the molecule is COP(=O)(OC)[C@H](c1ccc([N+](=O)[O-])cc1)C(C)(C#N)C#N. The average molecular weight is 323 g/mol. The van der Waals surface area contributed by atoms with Gasteiger partial charge in [0, 0.05) is 26.4 Å². The van der Waals surface area contributed by atoms with E-state index in [1.165, 1.54) is 31.2 Å². The third-order valence-electron chi connectivity index (χ3n) is 3.26. The van der Waals surface area contributed by atoms with Crippen molar-refractivity contribution in [2.24, 2.45) is 5.41 Å². The van der Waals surface area contributed by atoms with Crippen molar-refractivity contribution in [1.29, 1.82) is 10.5 Å². The van der Waals surface area contributed by atoms with E-state index in [1.54, 1.807) is 0 Å². The van der Waals surface area contributed by atoms with Gasteiger partial charge < -0.3 is 9.05 Å². The summed E-state index contributed by atoms with van der Waals surface area (Å²) in [5.41, 5.74) is -2.78. The van der Waals surface area contributed by atoms with E-state index in [0.717, 1.165) is 14.2 Å². The van der Waals surface area contributed by atoms with Crippen LogP contribution in [-0.2, 0) is 13.6 Å². The van der Waals surface area contributed by atoms with Crippen molar-refractivity contribution in [3.63, 3.8) is 0 Å². The molecule has 0 amide bonds. The Hall–Kier alpha value is -2.25. The molecule has 8 nitrogen and oxygen atoms in total. The maximum absolute atomic E-state index is 12.8. The molecule has 0 fully saturated rings. The minimum absolute atomic E-state index is 0.164. The number of hydrogen-bond donors (Lipinski definition) is 0. The van der Waals surface area contributed by atoms with E-state index in [4.69, 9.17) is 9.05 Å². The molecule has 0 spiro atoms. The van der Waals surface area contributed by atoms with Gasteiger partial charge in [-0.3, -0.25) is 14.7 Å². The Morgan fingerprint density at radius 1 is 1.23 bits per heavy atom. The van der Waals surface area contributed by atoms with Crippen LogP contribution < -0.4 is 0 Å². The first-order valence-corrected chi connectivity index (χ1v) is 7.67. The monoisotopic (exact) mass is 323 g/mol. The lowest BCUT2D eigenvalue weighted by Crippen LogP contribution is -2.23. The molecule has 0 N–H and O–H groups in total. The highest BCUT2D eigenvalue weighted by Gasteiger charge is 2.49. The lowest BCUT2D eigenvalue weighted by atomic mass is 9.86. The molecule has 0 saturated carbocycles. The van der Waals surface area contributed by atoms with Crippen LogP contribution in [-0.4, -0.2) is 19.1 Å². The summed E-state index contributed by atoms with van der Waals surface area (Å²) in [7, 11) is -1.52. The summed E-state index contributed by atoms with van der Waals surface area (Å²) in [6.45, 7) is 1.31. The second-order valence-electron chi connectivity index (χ2n) is 4.58. The summed E-state index contributed by atoms with van der Waals surface area (Å²) in [4.78, 5) is 10.1. The Kier molecular flexibility index (Phi) is 5.40. The predicted octanol–water partition coefficient (Wildman–Crippen LogP) is 3.18. The number of nitriles is 2. The van der Waals surface area contributed by atoms with Crippen LogP contribution >= 0.6 is 7.60 Å². The maximum atomic E-state index is 12.8. The molecule has 0 saturated heterocycles. The molecule has 9 heteroatoms. The van der Waals surface area contributed by atoms with Gasteiger partial charge in [-0.2, -0.15) is 10.5 Å². The van der Waals surface area contributed by atoms with Crippen molar-refractivity contribution >= 4 is 13.3 Å². The number of nitro groups is 1. The van der Waals surface area contributed by atoms with Crippen LogP contribution in [0.3, 0.4) is 0 Å². The minimum Gasteiger partial charge on any atom is -0.311 e. The fourth-order valence-electron chi connectivity index (χ4n) is 2.04. The molecule has 0 aliphatic carbocycles. The Morgan fingerprint density at radius 3 is 2.00 bits per heavy atom. The highest BCUT2D eigenvalue weighted by atomic mass is 31.2. The number of non-ortho nitro benzene ring substituents is 1. The normalized spacial score (nSPS) is 13.0.